The van der Waals surface area contributed by atoms with Crippen molar-refractivity contribution in [2.45, 2.75) is 19.8 Å². The number of hydrogen-bond acceptors (Lipinski definition) is 4. The fraction of sp³-hybridized carbons (Fsp3) is 0.217. The number of anilines is 1. The van der Waals surface area contributed by atoms with Crippen LogP contribution in [0.5, 0.6) is 5.75 Å². The van der Waals surface area contributed by atoms with E-state index in [2.05, 4.69) is 5.32 Å². The van der Waals surface area contributed by atoms with Crippen molar-refractivity contribution in [3.05, 3.63) is 71.8 Å². The number of nitrogens with one attached hydrogen (secondary N) is 1. The summed E-state index contributed by atoms with van der Waals surface area (Å²) in [5.74, 6) is -0.491. The number of amides is 1. The summed E-state index contributed by atoms with van der Waals surface area (Å²) in [5, 5.41) is 4.76. The van der Waals surface area contributed by atoms with Gasteiger partial charge in [0.05, 0.1) is 13.0 Å². The first kappa shape index (κ1) is 19.4. The van der Waals surface area contributed by atoms with Crippen LogP contribution in [0.15, 0.2) is 60.7 Å². The zero-order valence-corrected chi connectivity index (χ0v) is 16.2. The summed E-state index contributed by atoms with van der Waals surface area (Å²) in [5.41, 5.74) is 2.55. The number of carbonyl (C=O) groups is 2. The highest BCUT2D eigenvalue weighted by Crippen LogP contribution is 2.25. The molecule has 0 aliphatic rings. The molecule has 0 aliphatic carbocycles. The lowest BCUT2D eigenvalue weighted by molar-refractivity contribution is -0.148. The number of ether oxygens (including phenoxy) is 2. The predicted molar refractivity (Wildman–Crippen MR) is 110 cm³/mol. The molecule has 3 aromatic rings. The smallest absolute Gasteiger partial charge is 0.313 e. The first-order valence-corrected chi connectivity index (χ1v) is 9.07. The topological polar surface area (TPSA) is 64.6 Å². The molecule has 3 aromatic carbocycles. The van der Waals surface area contributed by atoms with E-state index in [-0.39, 0.29) is 12.5 Å². The van der Waals surface area contributed by atoms with Gasteiger partial charge in [0, 0.05) is 5.69 Å². The molecule has 0 fully saturated rings. The molecule has 0 saturated heterocycles. The Kier molecular flexibility index (Phi) is 5.94. The Morgan fingerprint density at radius 1 is 1.00 bits per heavy atom. The van der Waals surface area contributed by atoms with Crippen LogP contribution in [0.4, 0.5) is 5.69 Å². The van der Waals surface area contributed by atoms with E-state index in [1.165, 1.54) is 0 Å². The Hall–Kier alpha value is -3.34. The second-order valence-electron chi connectivity index (χ2n) is 6.72. The molecule has 0 bridgehead atoms. The van der Waals surface area contributed by atoms with E-state index in [1.54, 1.807) is 20.1 Å². The van der Waals surface area contributed by atoms with E-state index >= 15 is 0 Å². The van der Waals surface area contributed by atoms with Crippen molar-refractivity contribution < 1.29 is 19.1 Å². The minimum Gasteiger partial charge on any atom is -0.497 e. The van der Waals surface area contributed by atoms with Crippen LogP contribution >= 0.6 is 0 Å². The number of fused-ring (bicyclic) bond motifs is 1. The molecular weight excluding hydrogens is 354 g/mol. The normalized spacial score (nSPS) is 11.7. The Morgan fingerprint density at radius 2 is 1.75 bits per heavy atom. The highest BCUT2D eigenvalue weighted by molar-refractivity contribution is 5.93. The van der Waals surface area contributed by atoms with Crippen LogP contribution in [-0.4, -0.2) is 25.6 Å². The van der Waals surface area contributed by atoms with Crippen molar-refractivity contribution in [1.82, 2.24) is 0 Å². The Labute approximate surface area is 164 Å². The Morgan fingerprint density at radius 3 is 2.50 bits per heavy atom. The van der Waals surface area contributed by atoms with E-state index in [4.69, 9.17) is 9.47 Å². The maximum atomic E-state index is 12.4. The molecule has 5 heteroatoms. The first-order valence-electron chi connectivity index (χ1n) is 9.07. The summed E-state index contributed by atoms with van der Waals surface area (Å²) in [6, 6.07) is 19.0. The number of aryl methyl sites for hydroxylation is 1. The zero-order chi connectivity index (χ0) is 20.1. The number of rotatable bonds is 6. The summed E-state index contributed by atoms with van der Waals surface area (Å²) >= 11 is 0. The Balaban J connectivity index is 1.60. The molecule has 0 spiro atoms. The van der Waals surface area contributed by atoms with Gasteiger partial charge in [0.15, 0.2) is 6.61 Å². The van der Waals surface area contributed by atoms with Crippen LogP contribution in [0.2, 0.25) is 0 Å². The van der Waals surface area contributed by atoms with E-state index in [9.17, 15) is 9.59 Å². The van der Waals surface area contributed by atoms with Gasteiger partial charge >= 0.3 is 5.97 Å². The zero-order valence-electron chi connectivity index (χ0n) is 16.2. The molecule has 1 N–H and O–H groups in total. The fourth-order valence-corrected chi connectivity index (χ4v) is 2.96. The maximum absolute atomic E-state index is 12.4. The highest BCUT2D eigenvalue weighted by atomic mass is 16.5. The quantitative estimate of drug-likeness (QED) is 0.645. The number of carbonyl (C=O) groups excluding carboxylic acids is 2. The minimum atomic E-state index is -0.474. The summed E-state index contributed by atoms with van der Waals surface area (Å²) in [6.45, 7) is 3.39. The van der Waals surface area contributed by atoms with E-state index in [0.29, 0.717) is 5.69 Å². The lowest BCUT2D eigenvalue weighted by atomic mass is 9.98. The second kappa shape index (κ2) is 8.57. The molecule has 0 unspecified atom stereocenters. The third kappa shape index (κ3) is 4.68. The highest BCUT2D eigenvalue weighted by Gasteiger charge is 2.18. The van der Waals surface area contributed by atoms with Crippen molar-refractivity contribution in [1.29, 1.82) is 0 Å². The summed E-state index contributed by atoms with van der Waals surface area (Å²) in [6.07, 6.45) is 0. The van der Waals surface area contributed by atoms with Crippen LogP contribution in [-0.2, 0) is 14.3 Å². The molecule has 3 rings (SSSR count). The summed E-state index contributed by atoms with van der Waals surface area (Å²) < 4.78 is 10.4. The molecule has 1 atom stereocenters. The van der Waals surface area contributed by atoms with Gasteiger partial charge < -0.3 is 14.8 Å². The molecule has 0 aromatic heterocycles. The number of hydrogen-bond donors (Lipinski definition) is 1. The van der Waals surface area contributed by atoms with Crippen LogP contribution in [0.1, 0.15) is 24.0 Å². The molecule has 0 aliphatic heterocycles. The van der Waals surface area contributed by atoms with Gasteiger partial charge in [-0.25, -0.2) is 0 Å². The van der Waals surface area contributed by atoms with Crippen molar-refractivity contribution >= 4 is 28.3 Å². The molecule has 144 valence electrons. The average Bonchev–Trinajstić information content (AvgIpc) is 2.70. The summed E-state index contributed by atoms with van der Waals surface area (Å²) in [7, 11) is 1.63. The van der Waals surface area contributed by atoms with Gasteiger partial charge in [-0.3, -0.25) is 9.59 Å². The molecule has 0 saturated carbocycles. The van der Waals surface area contributed by atoms with Gasteiger partial charge in [-0.05, 0) is 60.0 Å². The lowest BCUT2D eigenvalue weighted by Crippen LogP contribution is -2.23. The van der Waals surface area contributed by atoms with Gasteiger partial charge in [-0.15, -0.1) is 0 Å². The van der Waals surface area contributed by atoms with Gasteiger partial charge in [-0.1, -0.05) is 36.4 Å². The van der Waals surface area contributed by atoms with Crippen LogP contribution in [0.3, 0.4) is 0 Å². The number of esters is 1. The fourth-order valence-electron chi connectivity index (χ4n) is 2.96. The third-order valence-electron chi connectivity index (χ3n) is 4.57. The Bertz CT molecular complexity index is 1010. The third-order valence-corrected chi connectivity index (χ3v) is 4.57. The molecular formula is C23H23NO4. The largest absolute Gasteiger partial charge is 0.497 e. The van der Waals surface area contributed by atoms with E-state index in [1.807, 2.05) is 61.5 Å². The second-order valence-corrected chi connectivity index (χ2v) is 6.72. The monoisotopic (exact) mass is 377 g/mol. The van der Waals surface area contributed by atoms with Crippen molar-refractivity contribution in [3.63, 3.8) is 0 Å². The molecule has 5 nitrogen and oxygen atoms in total. The van der Waals surface area contributed by atoms with Gasteiger partial charge in [0.2, 0.25) is 0 Å². The SMILES string of the molecule is COc1ccc2cc([C@H](C)C(=O)OCC(=O)Nc3cccc(C)c3)ccc2c1. The van der Waals surface area contributed by atoms with Crippen molar-refractivity contribution in [3.8, 4) is 5.75 Å². The number of benzene rings is 3. The molecule has 0 heterocycles. The van der Waals surface area contributed by atoms with E-state index < -0.39 is 11.9 Å². The maximum Gasteiger partial charge on any atom is 0.313 e. The van der Waals surface area contributed by atoms with Crippen LogP contribution in [0.25, 0.3) is 10.8 Å². The molecule has 0 radical (unpaired) electrons. The first-order chi connectivity index (χ1) is 13.5. The van der Waals surface area contributed by atoms with Crippen LogP contribution in [0, 0.1) is 6.92 Å². The van der Waals surface area contributed by atoms with Gasteiger partial charge in [-0.2, -0.15) is 0 Å². The number of methoxy groups -OCH3 is 1. The predicted octanol–water partition coefficient (Wildman–Crippen LogP) is 4.44. The van der Waals surface area contributed by atoms with Crippen molar-refractivity contribution in [2.75, 3.05) is 19.0 Å². The standard InChI is InChI=1S/C23H23NO4/c1-15-5-4-6-20(11-15)24-22(25)14-28-23(26)16(2)17-7-8-19-13-21(27-3)10-9-18(19)12-17/h4-13,16H,14H2,1-3H3,(H,24,25)/t16-/m0/s1. The molecule has 28 heavy (non-hydrogen) atoms. The van der Waals surface area contributed by atoms with E-state index in [0.717, 1.165) is 27.6 Å². The van der Waals surface area contributed by atoms with Crippen molar-refractivity contribution in [2.24, 2.45) is 0 Å². The van der Waals surface area contributed by atoms with Gasteiger partial charge in [0.25, 0.3) is 5.91 Å². The van der Waals surface area contributed by atoms with Crippen LogP contribution < -0.4 is 10.1 Å². The lowest BCUT2D eigenvalue weighted by Gasteiger charge is -2.13. The average molecular weight is 377 g/mol. The summed E-state index contributed by atoms with van der Waals surface area (Å²) in [4.78, 5) is 24.4. The molecule has 1 amide bonds. The van der Waals surface area contributed by atoms with Gasteiger partial charge in [0.1, 0.15) is 5.75 Å². The minimum absolute atomic E-state index is 0.318.